The van der Waals surface area contributed by atoms with Crippen LogP contribution in [0, 0.1) is 0 Å². The van der Waals surface area contributed by atoms with Crippen LogP contribution in [-0.4, -0.2) is 15.9 Å². The molecule has 2 rings (SSSR count). The van der Waals surface area contributed by atoms with E-state index in [0.29, 0.717) is 5.52 Å². The first kappa shape index (κ1) is 7.67. The summed E-state index contributed by atoms with van der Waals surface area (Å²) in [5.41, 5.74) is 7.52. The van der Waals surface area contributed by atoms with E-state index < -0.39 is 5.91 Å². The zero-order chi connectivity index (χ0) is 9.26. The number of fused-ring (bicyclic) bond motifs is 1. The van der Waals surface area contributed by atoms with Crippen LogP contribution in [0.2, 0.25) is 0 Å². The normalized spacial score (nSPS) is 10.2. The van der Waals surface area contributed by atoms with Gasteiger partial charge < -0.3 is 0 Å². The molecule has 0 aliphatic rings. The molecular formula is C9H6N3O. The van der Waals surface area contributed by atoms with Crippen molar-refractivity contribution in [1.29, 1.82) is 0 Å². The van der Waals surface area contributed by atoms with Gasteiger partial charge in [0.05, 0.1) is 5.52 Å². The van der Waals surface area contributed by atoms with Crippen LogP contribution in [0.15, 0.2) is 30.5 Å². The van der Waals surface area contributed by atoms with Gasteiger partial charge in [0.1, 0.15) is 0 Å². The molecule has 0 saturated heterocycles. The molecule has 1 N–H and O–H groups in total. The third-order valence-electron chi connectivity index (χ3n) is 1.69. The van der Waals surface area contributed by atoms with Gasteiger partial charge in [0, 0.05) is 11.6 Å². The number of rotatable bonds is 1. The highest BCUT2D eigenvalue weighted by atomic mass is 16.1. The highest BCUT2D eigenvalue weighted by molar-refractivity contribution is 5.90. The molecule has 0 spiro atoms. The summed E-state index contributed by atoms with van der Waals surface area (Å²) >= 11 is 0. The second-order valence-corrected chi connectivity index (χ2v) is 2.58. The van der Waals surface area contributed by atoms with Crippen LogP contribution < -0.4 is 5.73 Å². The molecule has 1 radical (unpaired) electrons. The molecule has 0 aliphatic heterocycles. The van der Waals surface area contributed by atoms with Crippen molar-refractivity contribution >= 4 is 16.8 Å². The lowest BCUT2D eigenvalue weighted by Gasteiger charge is -1.96. The number of nitrogens with zero attached hydrogens (tertiary/aromatic N) is 2. The average Bonchev–Trinajstić information content (AvgIpc) is 2.17. The lowest BCUT2D eigenvalue weighted by molar-refractivity contribution is 0.0982. The molecule has 63 valence electrons. The summed E-state index contributed by atoms with van der Waals surface area (Å²) in [4.78, 5) is 18.3. The van der Waals surface area contributed by atoms with E-state index in [4.69, 9.17) is 5.73 Å². The number of carbonyl (C=O) groups is 1. The molecule has 1 aromatic carbocycles. The molecule has 4 heteroatoms. The second kappa shape index (κ2) is 2.82. The highest BCUT2D eigenvalue weighted by Gasteiger charge is 2.04. The maximum atomic E-state index is 10.6. The van der Waals surface area contributed by atoms with Crippen LogP contribution in [-0.2, 0) is 0 Å². The number of aromatic nitrogens is 2. The molecule has 2 aromatic rings. The zero-order valence-corrected chi connectivity index (χ0v) is 6.69. The van der Waals surface area contributed by atoms with Gasteiger partial charge in [-0.25, -0.2) is 9.97 Å². The maximum Gasteiger partial charge on any atom is 0.307 e. The summed E-state index contributed by atoms with van der Waals surface area (Å²) in [6.07, 6.45) is 1.55. The first-order valence-electron chi connectivity index (χ1n) is 3.75. The monoisotopic (exact) mass is 172 g/mol. The van der Waals surface area contributed by atoms with Crippen LogP contribution in [0.4, 0.5) is 0 Å². The smallest absolute Gasteiger partial charge is 0.264 e. The molecule has 1 aromatic heterocycles. The van der Waals surface area contributed by atoms with Crippen molar-refractivity contribution in [3.63, 3.8) is 0 Å². The molecule has 0 aliphatic carbocycles. The fourth-order valence-corrected chi connectivity index (χ4v) is 1.08. The molecule has 0 atom stereocenters. The lowest BCUT2D eigenvalue weighted by Crippen LogP contribution is -2.05. The molecule has 1 amide bonds. The zero-order valence-electron chi connectivity index (χ0n) is 6.69. The molecule has 0 fully saturated rings. The average molecular weight is 172 g/mol. The van der Waals surface area contributed by atoms with Crippen LogP contribution in [0.5, 0.6) is 0 Å². The highest BCUT2D eigenvalue weighted by Crippen LogP contribution is 2.08. The second-order valence-electron chi connectivity index (χ2n) is 2.58. The minimum atomic E-state index is -0.856. The van der Waals surface area contributed by atoms with E-state index >= 15 is 0 Å². The Hall–Kier alpha value is -1.97. The van der Waals surface area contributed by atoms with E-state index in [-0.39, 0.29) is 5.82 Å². The standard InChI is InChI=1S/C9H6N3O/c10-8(13)9-11-5-6-3-1-2-4-7(6)12-9/h1-5,10H. The van der Waals surface area contributed by atoms with Gasteiger partial charge in [0.2, 0.25) is 5.82 Å². The van der Waals surface area contributed by atoms with E-state index in [1.807, 2.05) is 18.2 Å². The summed E-state index contributed by atoms with van der Waals surface area (Å²) in [6, 6.07) is 7.33. The number of hydrogen-bond acceptors (Lipinski definition) is 3. The minimum absolute atomic E-state index is 0.0568. The third-order valence-corrected chi connectivity index (χ3v) is 1.69. The first-order chi connectivity index (χ1) is 6.27. The van der Waals surface area contributed by atoms with Gasteiger partial charge in [0.25, 0.3) is 0 Å². The van der Waals surface area contributed by atoms with Crippen molar-refractivity contribution < 1.29 is 4.79 Å². The predicted octanol–water partition coefficient (Wildman–Crippen LogP) is 1.05. The summed E-state index contributed by atoms with van der Waals surface area (Å²) in [5.74, 6) is -0.913. The van der Waals surface area contributed by atoms with Crippen LogP contribution in [0.25, 0.3) is 10.9 Å². The first-order valence-corrected chi connectivity index (χ1v) is 3.75. The van der Waals surface area contributed by atoms with Crippen molar-refractivity contribution in [2.45, 2.75) is 0 Å². The van der Waals surface area contributed by atoms with Crippen molar-refractivity contribution in [1.82, 2.24) is 15.7 Å². The summed E-state index contributed by atoms with van der Waals surface area (Å²) in [6.45, 7) is 0. The summed E-state index contributed by atoms with van der Waals surface area (Å²) < 4.78 is 0. The SMILES string of the molecule is [NH]C(=O)c1ncc2ccccc2n1. The third kappa shape index (κ3) is 1.33. The Balaban J connectivity index is 2.69. The number of amides is 1. The van der Waals surface area contributed by atoms with Gasteiger partial charge in [-0.3, -0.25) is 10.5 Å². The Morgan fingerprint density at radius 3 is 2.85 bits per heavy atom. The van der Waals surface area contributed by atoms with Crippen molar-refractivity contribution in [2.75, 3.05) is 0 Å². The largest absolute Gasteiger partial charge is 0.307 e. The van der Waals surface area contributed by atoms with Gasteiger partial charge in [-0.2, -0.15) is 0 Å². The summed E-state index contributed by atoms with van der Waals surface area (Å²) in [7, 11) is 0. The van der Waals surface area contributed by atoms with Gasteiger partial charge >= 0.3 is 5.91 Å². The molecular weight excluding hydrogens is 166 g/mol. The van der Waals surface area contributed by atoms with E-state index in [2.05, 4.69) is 9.97 Å². The van der Waals surface area contributed by atoms with Crippen molar-refractivity contribution in [2.24, 2.45) is 0 Å². The van der Waals surface area contributed by atoms with Gasteiger partial charge in [0.15, 0.2) is 0 Å². The number of benzene rings is 1. The molecule has 4 nitrogen and oxygen atoms in total. The quantitative estimate of drug-likeness (QED) is 0.645. The number of carbonyl (C=O) groups excluding carboxylic acids is 1. The van der Waals surface area contributed by atoms with E-state index in [1.165, 1.54) is 0 Å². The number of nitrogens with one attached hydrogen (secondary N) is 1. The topological polar surface area (TPSA) is 66.7 Å². The maximum absolute atomic E-state index is 10.6. The number of hydrogen-bond donors (Lipinski definition) is 0. The van der Waals surface area contributed by atoms with Crippen molar-refractivity contribution in [3.05, 3.63) is 36.3 Å². The Morgan fingerprint density at radius 1 is 1.31 bits per heavy atom. The van der Waals surface area contributed by atoms with Crippen molar-refractivity contribution in [3.8, 4) is 0 Å². The van der Waals surface area contributed by atoms with Gasteiger partial charge in [-0.1, -0.05) is 18.2 Å². The molecule has 13 heavy (non-hydrogen) atoms. The summed E-state index contributed by atoms with van der Waals surface area (Å²) in [5, 5.41) is 0.868. The van der Waals surface area contributed by atoms with Gasteiger partial charge in [-0.15, -0.1) is 0 Å². The molecule has 1 heterocycles. The molecule has 0 bridgehead atoms. The van der Waals surface area contributed by atoms with E-state index in [1.54, 1.807) is 12.3 Å². The Bertz CT molecular complexity index is 467. The minimum Gasteiger partial charge on any atom is -0.264 e. The Morgan fingerprint density at radius 2 is 2.08 bits per heavy atom. The molecule has 0 unspecified atom stereocenters. The fourth-order valence-electron chi connectivity index (χ4n) is 1.08. The number of para-hydroxylation sites is 1. The van der Waals surface area contributed by atoms with Gasteiger partial charge in [-0.05, 0) is 6.07 Å². The van der Waals surface area contributed by atoms with Crippen LogP contribution >= 0.6 is 0 Å². The Kier molecular flexibility index (Phi) is 1.66. The lowest BCUT2D eigenvalue weighted by atomic mass is 10.2. The van der Waals surface area contributed by atoms with E-state index in [9.17, 15) is 4.79 Å². The van der Waals surface area contributed by atoms with Crippen LogP contribution in [0.1, 0.15) is 10.6 Å². The van der Waals surface area contributed by atoms with E-state index in [0.717, 1.165) is 5.39 Å². The van der Waals surface area contributed by atoms with Crippen LogP contribution in [0.3, 0.4) is 0 Å². The molecule has 0 saturated carbocycles. The Labute approximate surface area is 74.4 Å². The fraction of sp³-hybridized carbons (Fsp3) is 0. The predicted molar refractivity (Wildman–Crippen MR) is 47.0 cm³/mol.